The van der Waals surface area contributed by atoms with Crippen molar-refractivity contribution in [2.24, 2.45) is 0 Å². The Morgan fingerprint density at radius 2 is 2.24 bits per heavy atom. The van der Waals surface area contributed by atoms with Gasteiger partial charge in [0.15, 0.2) is 5.78 Å². The number of hydrogen-bond donors (Lipinski definition) is 1. The molecule has 0 atom stereocenters. The fourth-order valence-corrected chi connectivity index (χ4v) is 1.66. The molecule has 0 aliphatic rings. The van der Waals surface area contributed by atoms with E-state index in [1.807, 2.05) is 44.0 Å². The van der Waals surface area contributed by atoms with Crippen LogP contribution < -0.4 is 10.6 Å². The Morgan fingerprint density at radius 3 is 2.71 bits per heavy atom. The lowest BCUT2D eigenvalue weighted by Crippen LogP contribution is -2.26. The van der Waals surface area contributed by atoms with Crippen molar-refractivity contribution in [3.8, 4) is 12.3 Å². The molecule has 3 heteroatoms. The van der Waals surface area contributed by atoms with E-state index in [9.17, 15) is 4.79 Å². The van der Waals surface area contributed by atoms with E-state index in [1.165, 1.54) is 0 Å². The summed E-state index contributed by atoms with van der Waals surface area (Å²) < 4.78 is 0. The number of nitrogens with zero attached hydrogens (tertiary/aromatic N) is 1. The molecule has 0 bridgehead atoms. The molecule has 0 aromatic carbocycles. The molecule has 0 saturated carbocycles. The maximum Gasteiger partial charge on any atom is 0.192 e. The number of H-pyrrole nitrogens is 1. The molecule has 0 saturated heterocycles. The van der Waals surface area contributed by atoms with Crippen LogP contribution in [-0.2, 0) is 0 Å². The zero-order valence-electron chi connectivity index (χ0n) is 10.6. The SMILES string of the molecule is C#CCN(C)CC(=O)c1cc(=C/C)/c(=C\C)[nH]1. The minimum atomic E-state index is 0.0546. The molecular weight excluding hydrogens is 212 g/mol. The van der Waals surface area contributed by atoms with E-state index in [0.717, 1.165) is 10.6 Å². The van der Waals surface area contributed by atoms with Crippen LogP contribution in [0, 0.1) is 12.3 Å². The third-order valence-corrected chi connectivity index (χ3v) is 2.55. The quantitative estimate of drug-likeness (QED) is 0.599. The smallest absolute Gasteiger partial charge is 0.192 e. The molecule has 0 aliphatic heterocycles. The van der Waals surface area contributed by atoms with Gasteiger partial charge in [-0.15, -0.1) is 6.42 Å². The van der Waals surface area contributed by atoms with Crippen LogP contribution in [-0.4, -0.2) is 35.8 Å². The molecule has 1 heterocycles. The van der Waals surface area contributed by atoms with Crippen molar-refractivity contribution in [1.82, 2.24) is 9.88 Å². The van der Waals surface area contributed by atoms with E-state index < -0.39 is 0 Å². The maximum atomic E-state index is 12.0. The minimum Gasteiger partial charge on any atom is -0.352 e. The molecule has 0 spiro atoms. The van der Waals surface area contributed by atoms with E-state index in [0.29, 0.717) is 18.8 Å². The lowest BCUT2D eigenvalue weighted by atomic mass is 10.2. The first-order valence-corrected chi connectivity index (χ1v) is 5.59. The lowest BCUT2D eigenvalue weighted by molar-refractivity contribution is 0.0948. The van der Waals surface area contributed by atoms with Crippen LogP contribution in [0.1, 0.15) is 24.3 Å². The van der Waals surface area contributed by atoms with Gasteiger partial charge < -0.3 is 4.98 Å². The minimum absolute atomic E-state index is 0.0546. The fourth-order valence-electron chi connectivity index (χ4n) is 1.66. The first-order chi connectivity index (χ1) is 8.12. The number of hydrogen-bond acceptors (Lipinski definition) is 2. The predicted octanol–water partition coefficient (Wildman–Crippen LogP) is 0.363. The number of terminal acetylenes is 1. The number of carbonyl (C=O) groups excluding carboxylic acids is 1. The van der Waals surface area contributed by atoms with E-state index >= 15 is 0 Å². The topological polar surface area (TPSA) is 36.1 Å². The Hall–Kier alpha value is -1.79. The number of Topliss-reactive ketones (excluding diaryl/α,β-unsaturated/α-hetero) is 1. The second-order valence-electron chi connectivity index (χ2n) is 3.93. The highest BCUT2D eigenvalue weighted by atomic mass is 16.1. The molecule has 0 amide bonds. The van der Waals surface area contributed by atoms with Crippen LogP contribution in [0.15, 0.2) is 6.07 Å². The molecule has 1 rings (SSSR count). The van der Waals surface area contributed by atoms with Crippen molar-refractivity contribution in [3.63, 3.8) is 0 Å². The van der Waals surface area contributed by atoms with Crippen molar-refractivity contribution in [3.05, 3.63) is 22.3 Å². The van der Waals surface area contributed by atoms with Crippen LogP contribution in [0.3, 0.4) is 0 Å². The van der Waals surface area contributed by atoms with Crippen molar-refractivity contribution >= 4 is 17.9 Å². The summed E-state index contributed by atoms with van der Waals surface area (Å²) in [5, 5.41) is 2.03. The summed E-state index contributed by atoms with van der Waals surface area (Å²) in [6, 6.07) is 1.88. The first kappa shape index (κ1) is 13.3. The van der Waals surface area contributed by atoms with Gasteiger partial charge in [-0.2, -0.15) is 0 Å². The zero-order valence-corrected chi connectivity index (χ0v) is 10.6. The standard InChI is InChI=1S/C14H18N2O/c1-5-8-16(4)10-14(17)13-9-11(6-2)12(7-3)15-13/h1,6-7,9,15H,8,10H2,2-4H3/b11-6-,12-7+. The Kier molecular flexibility index (Phi) is 4.74. The highest BCUT2D eigenvalue weighted by Crippen LogP contribution is 1.93. The number of carbonyl (C=O) groups is 1. The molecule has 1 N–H and O–H groups in total. The van der Waals surface area contributed by atoms with Crippen molar-refractivity contribution in [2.75, 3.05) is 20.1 Å². The van der Waals surface area contributed by atoms with Crippen LogP contribution in [0.25, 0.3) is 12.2 Å². The second-order valence-corrected chi connectivity index (χ2v) is 3.93. The second kappa shape index (κ2) is 6.07. The van der Waals surface area contributed by atoms with E-state index in [1.54, 1.807) is 0 Å². The number of rotatable bonds is 4. The van der Waals surface area contributed by atoms with Gasteiger partial charge in [0.1, 0.15) is 0 Å². The van der Waals surface area contributed by atoms with Gasteiger partial charge in [0.05, 0.1) is 18.8 Å². The number of aromatic nitrogens is 1. The molecule has 1 aromatic rings. The number of likely N-dealkylation sites (N-methyl/N-ethyl adjacent to an activating group) is 1. The summed E-state index contributed by atoms with van der Waals surface area (Å²) in [5.74, 6) is 2.57. The highest BCUT2D eigenvalue weighted by Gasteiger charge is 2.10. The highest BCUT2D eigenvalue weighted by molar-refractivity contribution is 5.96. The summed E-state index contributed by atoms with van der Waals surface area (Å²) in [6.07, 6.45) is 9.13. The normalized spacial score (nSPS) is 13.1. The predicted molar refractivity (Wildman–Crippen MR) is 71.0 cm³/mol. The average Bonchev–Trinajstić information content (AvgIpc) is 2.72. The molecule has 0 aliphatic carbocycles. The monoisotopic (exact) mass is 230 g/mol. The Bertz CT molecular complexity index is 514. The van der Waals surface area contributed by atoms with Crippen LogP contribution in [0.4, 0.5) is 0 Å². The zero-order chi connectivity index (χ0) is 12.8. The summed E-state index contributed by atoms with van der Waals surface area (Å²) in [5.41, 5.74) is 0.634. The molecular formula is C14H18N2O. The van der Waals surface area contributed by atoms with Crippen molar-refractivity contribution in [2.45, 2.75) is 13.8 Å². The van der Waals surface area contributed by atoms with Gasteiger partial charge in [0, 0.05) is 5.35 Å². The third kappa shape index (κ3) is 3.33. The largest absolute Gasteiger partial charge is 0.352 e. The van der Waals surface area contributed by atoms with E-state index in [4.69, 9.17) is 6.42 Å². The molecule has 17 heavy (non-hydrogen) atoms. The number of aromatic amines is 1. The molecule has 3 nitrogen and oxygen atoms in total. The number of ketones is 1. The van der Waals surface area contributed by atoms with E-state index in [2.05, 4.69) is 10.9 Å². The summed E-state index contributed by atoms with van der Waals surface area (Å²) in [7, 11) is 1.83. The van der Waals surface area contributed by atoms with Gasteiger partial charge >= 0.3 is 0 Å². The van der Waals surface area contributed by atoms with Crippen molar-refractivity contribution < 1.29 is 4.79 Å². The van der Waals surface area contributed by atoms with Crippen LogP contribution in [0.5, 0.6) is 0 Å². The van der Waals surface area contributed by atoms with Gasteiger partial charge in [-0.1, -0.05) is 18.1 Å². The van der Waals surface area contributed by atoms with Gasteiger partial charge in [0.2, 0.25) is 0 Å². The lowest BCUT2D eigenvalue weighted by Gasteiger charge is -2.10. The third-order valence-electron chi connectivity index (χ3n) is 2.55. The summed E-state index contributed by atoms with van der Waals surface area (Å²) in [6.45, 7) is 4.70. The van der Waals surface area contributed by atoms with Gasteiger partial charge in [-0.25, -0.2) is 0 Å². The van der Waals surface area contributed by atoms with Gasteiger partial charge in [-0.3, -0.25) is 9.69 Å². The average molecular weight is 230 g/mol. The van der Waals surface area contributed by atoms with E-state index in [-0.39, 0.29) is 5.78 Å². The molecule has 0 unspecified atom stereocenters. The summed E-state index contributed by atoms with van der Waals surface area (Å²) in [4.78, 5) is 16.9. The van der Waals surface area contributed by atoms with Crippen molar-refractivity contribution in [1.29, 1.82) is 0 Å². The van der Waals surface area contributed by atoms with Crippen LogP contribution in [0.2, 0.25) is 0 Å². The summed E-state index contributed by atoms with van der Waals surface area (Å²) >= 11 is 0. The Labute approximate surface area is 102 Å². The number of nitrogens with one attached hydrogen (secondary N) is 1. The Balaban J connectivity index is 2.92. The molecule has 0 fully saturated rings. The fraction of sp³-hybridized carbons (Fsp3) is 0.357. The maximum absolute atomic E-state index is 12.0. The molecule has 1 aromatic heterocycles. The van der Waals surface area contributed by atoms with Crippen LogP contribution >= 0.6 is 0 Å². The first-order valence-electron chi connectivity index (χ1n) is 5.59. The van der Waals surface area contributed by atoms with Gasteiger partial charge in [0.25, 0.3) is 0 Å². The molecule has 90 valence electrons. The molecule has 0 radical (unpaired) electrons. The Morgan fingerprint density at radius 1 is 1.53 bits per heavy atom. The van der Waals surface area contributed by atoms with Gasteiger partial charge in [-0.05, 0) is 32.2 Å².